The molecule has 0 aliphatic carbocycles. The van der Waals surface area contributed by atoms with Gasteiger partial charge >= 0.3 is 0 Å². The fourth-order valence-electron chi connectivity index (χ4n) is 2.14. The van der Waals surface area contributed by atoms with Crippen molar-refractivity contribution in [2.45, 2.75) is 45.6 Å². The van der Waals surface area contributed by atoms with E-state index in [4.69, 9.17) is 4.74 Å². The average molecular weight is 242 g/mol. The lowest BCUT2D eigenvalue weighted by Gasteiger charge is -2.25. The van der Waals surface area contributed by atoms with Gasteiger partial charge in [-0.3, -0.25) is 4.79 Å². The quantitative estimate of drug-likeness (QED) is 0.734. The Hall–Kier alpha value is -0.610. The molecule has 1 N–H and O–H groups in total. The molecule has 1 fully saturated rings. The minimum Gasteiger partial charge on any atom is -0.368 e. The lowest BCUT2D eigenvalue weighted by molar-refractivity contribution is -0.138. The summed E-state index contributed by atoms with van der Waals surface area (Å²) in [6.45, 7) is 8.17. The monoisotopic (exact) mass is 242 g/mol. The molecule has 0 spiro atoms. The van der Waals surface area contributed by atoms with Gasteiger partial charge in [0.1, 0.15) is 6.61 Å². The highest BCUT2D eigenvalue weighted by atomic mass is 16.5. The summed E-state index contributed by atoms with van der Waals surface area (Å²) in [4.78, 5) is 13.9. The van der Waals surface area contributed by atoms with Crippen LogP contribution in [0.25, 0.3) is 0 Å². The van der Waals surface area contributed by atoms with E-state index in [0.29, 0.717) is 0 Å². The first kappa shape index (κ1) is 14.5. The van der Waals surface area contributed by atoms with Crippen molar-refractivity contribution in [1.29, 1.82) is 0 Å². The van der Waals surface area contributed by atoms with Crippen LogP contribution >= 0.6 is 0 Å². The van der Waals surface area contributed by atoms with Crippen LogP contribution in [-0.4, -0.2) is 49.7 Å². The van der Waals surface area contributed by atoms with E-state index < -0.39 is 0 Å². The van der Waals surface area contributed by atoms with E-state index in [1.165, 1.54) is 0 Å². The molecular formula is C13H26N2O2. The number of piperidine rings is 1. The number of ether oxygens (including phenoxy) is 1. The van der Waals surface area contributed by atoms with Crippen molar-refractivity contribution in [3.05, 3.63) is 0 Å². The normalized spacial score (nSPS) is 17.1. The fraction of sp³-hybridized carbons (Fsp3) is 0.923. The molecular weight excluding hydrogens is 216 g/mol. The van der Waals surface area contributed by atoms with Crippen molar-refractivity contribution in [3.63, 3.8) is 0 Å². The van der Waals surface area contributed by atoms with E-state index >= 15 is 0 Å². The van der Waals surface area contributed by atoms with Crippen molar-refractivity contribution in [2.24, 2.45) is 0 Å². The van der Waals surface area contributed by atoms with E-state index in [1.54, 1.807) is 0 Å². The van der Waals surface area contributed by atoms with Crippen LogP contribution in [0, 0.1) is 0 Å². The smallest absolute Gasteiger partial charge is 0.248 e. The molecule has 100 valence electrons. The van der Waals surface area contributed by atoms with E-state index in [2.05, 4.69) is 19.2 Å². The Kier molecular flexibility index (Phi) is 7.21. The molecule has 1 saturated heterocycles. The third-order valence-electron chi connectivity index (χ3n) is 3.07. The summed E-state index contributed by atoms with van der Waals surface area (Å²) in [5.41, 5.74) is 0. The van der Waals surface area contributed by atoms with Crippen LogP contribution in [0.3, 0.4) is 0 Å². The van der Waals surface area contributed by atoms with E-state index in [-0.39, 0.29) is 18.6 Å². The number of amides is 1. The minimum absolute atomic E-state index is 0.146. The van der Waals surface area contributed by atoms with Gasteiger partial charge in [-0.15, -0.1) is 0 Å². The van der Waals surface area contributed by atoms with Crippen molar-refractivity contribution in [3.8, 4) is 0 Å². The van der Waals surface area contributed by atoms with Crippen LogP contribution in [0.5, 0.6) is 0 Å². The second-order valence-electron chi connectivity index (χ2n) is 4.64. The largest absolute Gasteiger partial charge is 0.368 e. The van der Waals surface area contributed by atoms with Gasteiger partial charge in [0.05, 0.1) is 6.10 Å². The summed E-state index contributed by atoms with van der Waals surface area (Å²) in [6.07, 6.45) is 4.34. The Bertz CT molecular complexity index is 209. The summed E-state index contributed by atoms with van der Waals surface area (Å²) in [6, 6.07) is 0. The number of rotatable bonds is 7. The Morgan fingerprint density at radius 1 is 1.24 bits per heavy atom. The highest BCUT2D eigenvalue weighted by molar-refractivity contribution is 5.77. The van der Waals surface area contributed by atoms with Crippen molar-refractivity contribution < 1.29 is 9.53 Å². The zero-order valence-corrected chi connectivity index (χ0v) is 11.2. The maximum absolute atomic E-state index is 12.0. The maximum Gasteiger partial charge on any atom is 0.248 e. The molecule has 0 saturated carbocycles. The van der Waals surface area contributed by atoms with Crippen LogP contribution in [0.4, 0.5) is 0 Å². The summed E-state index contributed by atoms with van der Waals surface area (Å²) in [7, 11) is 0. The Balaban J connectivity index is 2.25. The summed E-state index contributed by atoms with van der Waals surface area (Å²) in [5.74, 6) is 0.146. The van der Waals surface area contributed by atoms with E-state index in [1.807, 2.05) is 4.90 Å². The molecule has 17 heavy (non-hydrogen) atoms. The van der Waals surface area contributed by atoms with Crippen molar-refractivity contribution >= 4 is 5.91 Å². The molecule has 4 heteroatoms. The lowest BCUT2D eigenvalue weighted by atomic mass is 10.1. The third-order valence-corrected chi connectivity index (χ3v) is 3.07. The number of carbonyl (C=O) groups excluding carboxylic acids is 1. The number of nitrogens with one attached hydrogen (secondary N) is 1. The summed E-state index contributed by atoms with van der Waals surface area (Å²) in [5, 5.41) is 3.29. The first-order chi connectivity index (χ1) is 8.27. The highest BCUT2D eigenvalue weighted by Crippen LogP contribution is 2.07. The van der Waals surface area contributed by atoms with E-state index in [0.717, 1.165) is 51.9 Å². The van der Waals surface area contributed by atoms with Crippen molar-refractivity contribution in [1.82, 2.24) is 10.2 Å². The Morgan fingerprint density at radius 3 is 2.35 bits per heavy atom. The zero-order valence-electron chi connectivity index (χ0n) is 11.2. The van der Waals surface area contributed by atoms with Crippen LogP contribution in [-0.2, 0) is 9.53 Å². The van der Waals surface area contributed by atoms with E-state index in [9.17, 15) is 4.79 Å². The predicted octanol–water partition coefficient (Wildman–Crippen LogP) is 1.40. The first-order valence-corrected chi connectivity index (χ1v) is 6.88. The van der Waals surface area contributed by atoms with Gasteiger partial charge in [0, 0.05) is 13.1 Å². The van der Waals surface area contributed by atoms with Gasteiger partial charge in [0.2, 0.25) is 5.91 Å². The summed E-state index contributed by atoms with van der Waals surface area (Å²) < 4.78 is 5.69. The zero-order chi connectivity index (χ0) is 12.5. The number of hydrogen-bond acceptors (Lipinski definition) is 3. The van der Waals surface area contributed by atoms with Gasteiger partial charge < -0.3 is 15.0 Å². The molecule has 0 atom stereocenters. The minimum atomic E-state index is 0.146. The van der Waals surface area contributed by atoms with Crippen LogP contribution in [0.2, 0.25) is 0 Å². The summed E-state index contributed by atoms with van der Waals surface area (Å²) >= 11 is 0. The third kappa shape index (κ3) is 5.50. The van der Waals surface area contributed by atoms with Gasteiger partial charge in [0.15, 0.2) is 0 Å². The van der Waals surface area contributed by atoms with Crippen LogP contribution in [0.15, 0.2) is 0 Å². The maximum atomic E-state index is 12.0. The molecule has 0 radical (unpaired) electrons. The van der Waals surface area contributed by atoms with Gasteiger partial charge in [0.25, 0.3) is 0 Å². The predicted molar refractivity (Wildman–Crippen MR) is 69.0 cm³/mol. The second kappa shape index (κ2) is 8.48. The molecule has 4 nitrogen and oxygen atoms in total. The van der Waals surface area contributed by atoms with Crippen LogP contribution in [0.1, 0.15) is 39.5 Å². The molecule has 1 heterocycles. The van der Waals surface area contributed by atoms with Crippen molar-refractivity contribution in [2.75, 3.05) is 32.8 Å². The molecule has 0 unspecified atom stereocenters. The average Bonchev–Trinajstić information content (AvgIpc) is 2.37. The fourth-order valence-corrected chi connectivity index (χ4v) is 2.14. The molecule has 1 aliphatic heterocycles. The number of hydrogen-bond donors (Lipinski definition) is 1. The first-order valence-electron chi connectivity index (χ1n) is 6.88. The Morgan fingerprint density at radius 2 is 1.82 bits per heavy atom. The number of nitrogens with zero attached hydrogens (tertiary/aromatic N) is 1. The van der Waals surface area contributed by atoms with Gasteiger partial charge in [-0.25, -0.2) is 0 Å². The number of carbonyl (C=O) groups is 1. The Labute approximate surface area is 105 Å². The molecule has 0 aromatic carbocycles. The van der Waals surface area contributed by atoms with Gasteiger partial charge in [-0.05, 0) is 38.8 Å². The SMILES string of the molecule is CCCN(CCC)C(=O)COC1CCNCC1. The lowest BCUT2D eigenvalue weighted by Crippen LogP contribution is -2.38. The topological polar surface area (TPSA) is 41.6 Å². The highest BCUT2D eigenvalue weighted by Gasteiger charge is 2.17. The molecule has 0 aromatic rings. The standard InChI is InChI=1S/C13H26N2O2/c1-3-9-15(10-4-2)13(16)11-17-12-5-7-14-8-6-12/h12,14H,3-11H2,1-2H3. The molecule has 1 rings (SSSR count). The molecule has 1 amide bonds. The molecule has 1 aliphatic rings. The van der Waals surface area contributed by atoms with Crippen LogP contribution < -0.4 is 5.32 Å². The molecule has 0 aromatic heterocycles. The second-order valence-corrected chi connectivity index (χ2v) is 4.64. The van der Waals surface area contributed by atoms with Gasteiger partial charge in [-0.2, -0.15) is 0 Å². The molecule has 0 bridgehead atoms. The van der Waals surface area contributed by atoms with Gasteiger partial charge in [-0.1, -0.05) is 13.8 Å².